The zero-order valence-electron chi connectivity index (χ0n) is 16.5. The molecule has 5 heteroatoms. The average Bonchev–Trinajstić information content (AvgIpc) is 3.08. The summed E-state index contributed by atoms with van der Waals surface area (Å²) in [5.41, 5.74) is 3.12. The highest BCUT2D eigenvalue weighted by Crippen LogP contribution is 2.28. The van der Waals surface area contributed by atoms with E-state index in [2.05, 4.69) is 42.9 Å². The minimum absolute atomic E-state index is 0.0979. The van der Waals surface area contributed by atoms with Crippen LogP contribution in [-0.4, -0.2) is 18.3 Å². The molecule has 0 N–H and O–H groups in total. The number of aromatic nitrogens is 1. The largest absolute Gasteiger partial charge is 0.497 e. The quantitative estimate of drug-likeness (QED) is 0.575. The topological polar surface area (TPSA) is 35.8 Å². The Labute approximate surface area is 164 Å². The van der Waals surface area contributed by atoms with Crippen molar-refractivity contribution in [1.29, 1.82) is 0 Å². The average molecular weight is 383 g/mol. The SMILES string of the molecule is CCOc1ccc(N=c2scc(-c3ccc(OC)cc3)n2C(C)(C)C)cc1. The lowest BCUT2D eigenvalue weighted by Crippen LogP contribution is -2.31. The first-order valence-electron chi connectivity index (χ1n) is 9.05. The van der Waals surface area contributed by atoms with Gasteiger partial charge in [-0.05, 0) is 81.8 Å². The molecule has 0 aliphatic rings. The van der Waals surface area contributed by atoms with Crippen molar-refractivity contribution < 1.29 is 9.47 Å². The third-order valence-electron chi connectivity index (χ3n) is 4.14. The maximum atomic E-state index is 5.52. The molecular formula is C22H26N2O2S. The minimum Gasteiger partial charge on any atom is -0.497 e. The van der Waals surface area contributed by atoms with Gasteiger partial charge in [-0.1, -0.05) is 0 Å². The molecule has 3 aromatic rings. The van der Waals surface area contributed by atoms with Crippen molar-refractivity contribution in [3.63, 3.8) is 0 Å². The lowest BCUT2D eigenvalue weighted by molar-refractivity contribution is 0.340. The van der Waals surface area contributed by atoms with Gasteiger partial charge in [0.05, 0.1) is 25.1 Å². The van der Waals surface area contributed by atoms with E-state index in [0.29, 0.717) is 6.61 Å². The zero-order chi connectivity index (χ0) is 19.4. The molecule has 3 rings (SSSR count). The second-order valence-corrected chi connectivity index (χ2v) is 8.01. The molecule has 0 saturated heterocycles. The van der Waals surface area contributed by atoms with Crippen LogP contribution < -0.4 is 14.3 Å². The predicted octanol–water partition coefficient (Wildman–Crippen LogP) is 5.61. The predicted molar refractivity (Wildman–Crippen MR) is 112 cm³/mol. The normalized spacial score (nSPS) is 12.3. The van der Waals surface area contributed by atoms with Crippen molar-refractivity contribution >= 4 is 17.0 Å². The highest BCUT2D eigenvalue weighted by molar-refractivity contribution is 7.07. The van der Waals surface area contributed by atoms with Crippen molar-refractivity contribution in [2.75, 3.05) is 13.7 Å². The molecule has 27 heavy (non-hydrogen) atoms. The third-order valence-corrected chi connectivity index (χ3v) is 4.96. The van der Waals surface area contributed by atoms with E-state index >= 15 is 0 Å². The summed E-state index contributed by atoms with van der Waals surface area (Å²) < 4.78 is 13.1. The molecule has 142 valence electrons. The minimum atomic E-state index is -0.0979. The molecule has 2 aromatic carbocycles. The maximum absolute atomic E-state index is 5.52. The second-order valence-electron chi connectivity index (χ2n) is 7.18. The van der Waals surface area contributed by atoms with Gasteiger partial charge in [0.1, 0.15) is 11.5 Å². The Bertz CT molecular complexity index is 946. The van der Waals surface area contributed by atoms with Crippen LogP contribution in [0.5, 0.6) is 11.5 Å². The molecule has 0 bridgehead atoms. The number of nitrogens with zero attached hydrogens (tertiary/aromatic N) is 2. The van der Waals surface area contributed by atoms with E-state index < -0.39 is 0 Å². The molecule has 0 aliphatic heterocycles. The van der Waals surface area contributed by atoms with Gasteiger partial charge in [-0.3, -0.25) is 0 Å². The van der Waals surface area contributed by atoms with E-state index in [9.17, 15) is 0 Å². The van der Waals surface area contributed by atoms with Crippen LogP contribution in [0.25, 0.3) is 11.3 Å². The van der Waals surface area contributed by atoms with Gasteiger partial charge in [0.25, 0.3) is 0 Å². The van der Waals surface area contributed by atoms with Gasteiger partial charge in [-0.2, -0.15) is 0 Å². The molecule has 0 unspecified atom stereocenters. The van der Waals surface area contributed by atoms with Crippen LogP contribution >= 0.6 is 11.3 Å². The Kier molecular flexibility index (Phi) is 5.71. The Morgan fingerprint density at radius 1 is 0.963 bits per heavy atom. The number of rotatable bonds is 5. The van der Waals surface area contributed by atoms with E-state index in [-0.39, 0.29) is 5.54 Å². The van der Waals surface area contributed by atoms with Gasteiger partial charge in [0.15, 0.2) is 4.80 Å². The van der Waals surface area contributed by atoms with E-state index in [1.165, 1.54) is 0 Å². The molecule has 0 radical (unpaired) electrons. The van der Waals surface area contributed by atoms with Gasteiger partial charge in [0.2, 0.25) is 0 Å². The standard InChI is InChI=1S/C22H26N2O2S/c1-6-26-19-13-9-17(10-14-19)23-21-24(22(2,3)4)20(15-27-21)16-7-11-18(25-5)12-8-16/h7-15H,6H2,1-5H3. The molecule has 1 aromatic heterocycles. The monoisotopic (exact) mass is 382 g/mol. The van der Waals surface area contributed by atoms with E-state index in [4.69, 9.17) is 14.5 Å². The smallest absolute Gasteiger partial charge is 0.190 e. The molecule has 0 spiro atoms. The highest BCUT2D eigenvalue weighted by atomic mass is 32.1. The first kappa shape index (κ1) is 19.2. The summed E-state index contributed by atoms with van der Waals surface area (Å²) in [5, 5.41) is 2.17. The van der Waals surface area contributed by atoms with Gasteiger partial charge in [0, 0.05) is 10.9 Å². The summed E-state index contributed by atoms with van der Waals surface area (Å²) in [4.78, 5) is 5.86. The molecule has 0 atom stereocenters. The van der Waals surface area contributed by atoms with Crippen molar-refractivity contribution in [3.05, 3.63) is 58.7 Å². The van der Waals surface area contributed by atoms with Gasteiger partial charge in [-0.25, -0.2) is 4.99 Å². The molecule has 0 aliphatic carbocycles. The molecule has 1 heterocycles. The highest BCUT2D eigenvalue weighted by Gasteiger charge is 2.20. The van der Waals surface area contributed by atoms with Gasteiger partial charge in [-0.15, -0.1) is 11.3 Å². The van der Waals surface area contributed by atoms with Crippen molar-refractivity contribution in [2.24, 2.45) is 4.99 Å². The number of ether oxygens (including phenoxy) is 2. The number of benzene rings is 2. The number of hydrogen-bond acceptors (Lipinski definition) is 4. The number of hydrogen-bond donors (Lipinski definition) is 0. The molecule has 0 amide bonds. The van der Waals surface area contributed by atoms with Crippen LogP contribution in [0.2, 0.25) is 0 Å². The lowest BCUT2D eigenvalue weighted by atomic mass is 10.1. The lowest BCUT2D eigenvalue weighted by Gasteiger charge is -2.24. The summed E-state index contributed by atoms with van der Waals surface area (Å²) in [7, 11) is 1.68. The molecule has 4 nitrogen and oxygen atoms in total. The fraction of sp³-hybridized carbons (Fsp3) is 0.318. The Morgan fingerprint density at radius 3 is 2.15 bits per heavy atom. The van der Waals surface area contributed by atoms with Crippen LogP contribution in [0.3, 0.4) is 0 Å². The molecule has 0 saturated carbocycles. The number of thiazole rings is 1. The van der Waals surface area contributed by atoms with Gasteiger partial charge >= 0.3 is 0 Å². The fourth-order valence-electron chi connectivity index (χ4n) is 2.89. The van der Waals surface area contributed by atoms with Crippen molar-refractivity contribution in [2.45, 2.75) is 33.2 Å². The first-order chi connectivity index (χ1) is 12.9. The van der Waals surface area contributed by atoms with Crippen molar-refractivity contribution in [1.82, 2.24) is 4.57 Å². The molecule has 0 fully saturated rings. The first-order valence-corrected chi connectivity index (χ1v) is 9.93. The van der Waals surface area contributed by atoms with Crippen LogP contribution in [0.1, 0.15) is 27.7 Å². The van der Waals surface area contributed by atoms with Crippen LogP contribution in [-0.2, 0) is 5.54 Å². The summed E-state index contributed by atoms with van der Waals surface area (Å²) in [6.07, 6.45) is 0. The Hall–Kier alpha value is -2.53. The van der Waals surface area contributed by atoms with E-state index in [1.807, 2.05) is 43.3 Å². The van der Waals surface area contributed by atoms with Crippen molar-refractivity contribution in [3.8, 4) is 22.8 Å². The van der Waals surface area contributed by atoms with Crippen LogP contribution in [0, 0.1) is 0 Å². The fourth-order valence-corrected chi connectivity index (χ4v) is 3.99. The maximum Gasteiger partial charge on any atom is 0.190 e. The Morgan fingerprint density at radius 2 is 1.59 bits per heavy atom. The van der Waals surface area contributed by atoms with Gasteiger partial charge < -0.3 is 14.0 Å². The summed E-state index contributed by atoms with van der Waals surface area (Å²) in [6, 6.07) is 16.1. The number of methoxy groups -OCH3 is 1. The summed E-state index contributed by atoms with van der Waals surface area (Å²) in [5.74, 6) is 1.72. The summed E-state index contributed by atoms with van der Waals surface area (Å²) >= 11 is 1.65. The Balaban J connectivity index is 2.06. The van der Waals surface area contributed by atoms with E-state index in [0.717, 1.165) is 33.2 Å². The summed E-state index contributed by atoms with van der Waals surface area (Å²) in [6.45, 7) is 9.24. The zero-order valence-corrected chi connectivity index (χ0v) is 17.3. The third kappa shape index (κ3) is 4.42. The molecular weight excluding hydrogens is 356 g/mol. The van der Waals surface area contributed by atoms with Crippen LogP contribution in [0.15, 0.2) is 58.9 Å². The van der Waals surface area contributed by atoms with Crippen LogP contribution in [0.4, 0.5) is 5.69 Å². The van der Waals surface area contributed by atoms with E-state index in [1.54, 1.807) is 18.4 Å². The second kappa shape index (κ2) is 8.01.